The normalized spacial score (nSPS) is 14.3. The van der Waals surface area contributed by atoms with E-state index in [4.69, 9.17) is 15.3 Å². The van der Waals surface area contributed by atoms with Crippen molar-refractivity contribution in [1.82, 2.24) is 9.75 Å². The van der Waals surface area contributed by atoms with Gasteiger partial charge in [-0.3, -0.25) is 14.2 Å². The third-order valence-corrected chi connectivity index (χ3v) is 6.54. The molecule has 1 atom stereocenters. The second-order valence-electron chi connectivity index (χ2n) is 8.03. The average molecular weight is 501 g/mol. The van der Waals surface area contributed by atoms with Crippen molar-refractivity contribution in [3.8, 4) is 16.9 Å². The molecule has 4 N–H and O–H groups in total. The van der Waals surface area contributed by atoms with Gasteiger partial charge >= 0.3 is 7.60 Å². The number of nitrogens with two attached hydrogens (primary N) is 1. The number of hydrogen-bond acceptors (Lipinski definition) is 6. The van der Waals surface area contributed by atoms with E-state index in [1.54, 1.807) is 24.3 Å². The fourth-order valence-electron chi connectivity index (χ4n) is 3.67. The van der Waals surface area contributed by atoms with Crippen molar-refractivity contribution < 1.29 is 38.2 Å². The fourth-order valence-corrected chi connectivity index (χ4v) is 4.16. The van der Waals surface area contributed by atoms with Gasteiger partial charge in [0.15, 0.2) is 7.05 Å². The molecule has 0 saturated carbocycles. The maximum absolute atomic E-state index is 12.5. The summed E-state index contributed by atoms with van der Waals surface area (Å²) >= 11 is 0. The minimum absolute atomic E-state index is 0.101. The third-order valence-electron chi connectivity index (χ3n) is 5.55. The highest BCUT2D eigenvalue weighted by atomic mass is 31.2. The molecule has 184 valence electrons. The monoisotopic (exact) mass is 501 g/mol. The number of hydroxylamine groups is 2. The number of benzene rings is 2. The van der Waals surface area contributed by atoms with Crippen LogP contribution in [0.2, 0.25) is 0 Å². The number of nitrogens with zero attached hydrogens (tertiary/aromatic N) is 3. The van der Waals surface area contributed by atoms with Gasteiger partial charge in [-0.2, -0.15) is 4.68 Å². The lowest BCUT2D eigenvalue weighted by molar-refractivity contribution is -0.753. The van der Waals surface area contributed by atoms with Crippen molar-refractivity contribution in [2.45, 2.75) is 18.8 Å². The van der Waals surface area contributed by atoms with Gasteiger partial charge in [0.2, 0.25) is 12.0 Å². The second-order valence-corrected chi connectivity index (χ2v) is 9.78. The van der Waals surface area contributed by atoms with Crippen LogP contribution in [0.4, 0.5) is 0 Å². The van der Waals surface area contributed by atoms with E-state index in [2.05, 4.69) is 0 Å². The van der Waals surface area contributed by atoms with Gasteiger partial charge in [0.1, 0.15) is 12.4 Å². The van der Waals surface area contributed by atoms with Crippen LogP contribution >= 0.6 is 7.60 Å². The first-order valence-electron chi connectivity index (χ1n) is 10.9. The number of fused-ring (bicyclic) bond motifs is 1. The van der Waals surface area contributed by atoms with Crippen LogP contribution in [0.1, 0.15) is 27.1 Å². The predicted octanol–water partition coefficient (Wildman–Crippen LogP) is 1.44. The molecular formula is C23H26N4O7P+. The van der Waals surface area contributed by atoms with E-state index in [0.29, 0.717) is 17.4 Å². The van der Waals surface area contributed by atoms with Crippen molar-refractivity contribution in [3.05, 3.63) is 72.1 Å². The highest BCUT2D eigenvalue weighted by Crippen LogP contribution is 2.43. The molecule has 11 nitrogen and oxygen atoms in total. The summed E-state index contributed by atoms with van der Waals surface area (Å²) in [7, 11) is -2.95. The van der Waals surface area contributed by atoms with E-state index in [1.165, 1.54) is 12.1 Å². The van der Waals surface area contributed by atoms with Crippen LogP contribution in [0, 0.1) is 0 Å². The minimum Gasteiger partial charge on any atom is -0.490 e. The van der Waals surface area contributed by atoms with E-state index >= 15 is 0 Å². The maximum atomic E-state index is 12.5. The van der Waals surface area contributed by atoms with Gasteiger partial charge in [-0.05, 0) is 42.8 Å². The van der Waals surface area contributed by atoms with Gasteiger partial charge < -0.3 is 20.3 Å². The highest BCUT2D eigenvalue weighted by molar-refractivity contribution is 7.52. The molecule has 2 heterocycles. The summed E-state index contributed by atoms with van der Waals surface area (Å²) in [5.41, 5.74) is 7.70. The van der Waals surface area contributed by atoms with E-state index in [1.807, 2.05) is 40.9 Å². The van der Waals surface area contributed by atoms with E-state index in [9.17, 15) is 23.9 Å². The van der Waals surface area contributed by atoms with Crippen LogP contribution in [0.5, 0.6) is 5.75 Å². The van der Waals surface area contributed by atoms with Crippen molar-refractivity contribution in [1.29, 1.82) is 0 Å². The predicted molar refractivity (Wildman–Crippen MR) is 124 cm³/mol. The average Bonchev–Trinajstić information content (AvgIpc) is 3.32. The molecule has 0 bridgehead atoms. The van der Waals surface area contributed by atoms with Gasteiger partial charge in [-0.1, -0.05) is 24.3 Å². The molecular weight excluding hydrogens is 475 g/mol. The van der Waals surface area contributed by atoms with Crippen molar-refractivity contribution in [3.63, 3.8) is 0 Å². The SMILES string of the molecule is C[n+]1cc(-c2ccc(OCC(ON3C(=O)c4ccccc4C3=O)P(=O)(O)O)cc2)cn1CCCN. The topological polar surface area (TPSA) is 148 Å². The molecule has 0 radical (unpaired) electrons. The molecule has 1 aliphatic heterocycles. The number of amides is 2. The Bertz CT molecular complexity index is 1250. The first kappa shape index (κ1) is 24.8. The van der Waals surface area contributed by atoms with Gasteiger partial charge in [0, 0.05) is 0 Å². The zero-order chi connectivity index (χ0) is 25.2. The Labute approximate surface area is 201 Å². The molecule has 35 heavy (non-hydrogen) atoms. The van der Waals surface area contributed by atoms with Crippen LogP contribution in [-0.2, 0) is 23.0 Å². The number of rotatable bonds is 10. The molecule has 0 fully saturated rings. The first-order chi connectivity index (χ1) is 16.7. The molecule has 0 spiro atoms. The standard InChI is InChI=1S/C23H25N4O7P/c1-25-13-17(14-26(25)12-4-11-24)16-7-9-18(10-8-16)33-15-21(35(30,31)32)34-27-22(28)19-5-2-3-6-20(19)23(27)29/h2-3,5-10,13-14,21H,4,11-12,15,24H2,1H3,(H-,30,31,32)/p+1. The summed E-state index contributed by atoms with van der Waals surface area (Å²) in [4.78, 5) is 49.6. The summed E-state index contributed by atoms with van der Waals surface area (Å²) in [5, 5.41) is 0.371. The highest BCUT2D eigenvalue weighted by Gasteiger charge is 2.42. The Morgan fingerprint density at radius 3 is 2.23 bits per heavy atom. The number of imide groups is 1. The van der Waals surface area contributed by atoms with E-state index < -0.39 is 31.9 Å². The summed E-state index contributed by atoms with van der Waals surface area (Å²) in [5.74, 6) is -3.11. The molecule has 4 rings (SSSR count). The summed E-state index contributed by atoms with van der Waals surface area (Å²) in [6.07, 6.45) is 4.84. The van der Waals surface area contributed by atoms with Crippen molar-refractivity contribution in [2.24, 2.45) is 12.8 Å². The fraction of sp³-hybridized carbons (Fsp3) is 0.261. The lowest BCUT2D eigenvalue weighted by Crippen LogP contribution is -2.38. The molecule has 3 aromatic rings. The Kier molecular flexibility index (Phi) is 7.15. The molecule has 1 aliphatic rings. The molecule has 2 amide bonds. The quantitative estimate of drug-likeness (QED) is 0.215. The molecule has 12 heteroatoms. The number of ether oxygens (including phenoxy) is 1. The van der Waals surface area contributed by atoms with Crippen LogP contribution in [0.25, 0.3) is 11.1 Å². The molecule has 2 aromatic carbocycles. The zero-order valence-corrected chi connectivity index (χ0v) is 19.9. The van der Waals surface area contributed by atoms with Crippen LogP contribution in [0.3, 0.4) is 0 Å². The summed E-state index contributed by atoms with van der Waals surface area (Å²) in [6.45, 7) is 0.818. The Morgan fingerprint density at radius 2 is 1.66 bits per heavy atom. The Balaban J connectivity index is 1.43. The van der Waals surface area contributed by atoms with Crippen LogP contribution < -0.4 is 15.2 Å². The van der Waals surface area contributed by atoms with Gasteiger partial charge in [0.05, 0.1) is 29.4 Å². The van der Waals surface area contributed by atoms with Crippen LogP contribution in [0.15, 0.2) is 60.9 Å². The smallest absolute Gasteiger partial charge is 0.360 e. The van der Waals surface area contributed by atoms with Crippen LogP contribution in [-0.4, -0.2) is 50.3 Å². The second kappa shape index (κ2) is 10.1. The number of aromatic nitrogens is 2. The molecule has 0 saturated heterocycles. The lowest BCUT2D eigenvalue weighted by atomic mass is 10.1. The lowest BCUT2D eigenvalue weighted by Gasteiger charge is -2.23. The van der Waals surface area contributed by atoms with Gasteiger partial charge in [0.25, 0.3) is 11.8 Å². The maximum Gasteiger partial charge on any atom is 0.360 e. The molecule has 1 unspecified atom stereocenters. The third kappa shape index (κ3) is 5.34. The van der Waals surface area contributed by atoms with E-state index in [-0.39, 0.29) is 11.1 Å². The first-order valence-corrected chi connectivity index (χ1v) is 12.6. The minimum atomic E-state index is -4.89. The zero-order valence-electron chi connectivity index (χ0n) is 19.0. The van der Waals surface area contributed by atoms with Crippen molar-refractivity contribution in [2.75, 3.05) is 13.2 Å². The Hall–Kier alpha value is -3.34. The molecule has 1 aromatic heterocycles. The molecule has 0 aliphatic carbocycles. The van der Waals surface area contributed by atoms with E-state index in [0.717, 1.165) is 24.1 Å². The summed E-state index contributed by atoms with van der Waals surface area (Å²) in [6, 6.07) is 13.0. The van der Waals surface area contributed by atoms with Crippen molar-refractivity contribution >= 4 is 19.4 Å². The van der Waals surface area contributed by atoms with Gasteiger partial charge in [-0.25, -0.2) is 4.84 Å². The number of carbonyl (C=O) groups is 2. The number of hydrogen-bond donors (Lipinski definition) is 3. The number of carbonyl (C=O) groups excluding carboxylic acids is 2. The Morgan fingerprint density at radius 1 is 1.03 bits per heavy atom. The van der Waals surface area contributed by atoms with Gasteiger partial charge in [-0.15, -0.1) is 9.75 Å². The summed E-state index contributed by atoms with van der Waals surface area (Å²) < 4.78 is 21.6. The number of aryl methyl sites for hydroxylation is 2. The largest absolute Gasteiger partial charge is 0.490 e.